The number of nitrogens with one attached hydrogen (secondary N) is 1. The van der Waals surface area contributed by atoms with Gasteiger partial charge in [0.25, 0.3) is 0 Å². The topological polar surface area (TPSA) is 21.3 Å². The van der Waals surface area contributed by atoms with Crippen molar-refractivity contribution < 1.29 is 4.74 Å². The summed E-state index contributed by atoms with van der Waals surface area (Å²) in [7, 11) is 0. The standard InChI is InChI=1S/C13H16BrNO/c1-13(4-5-13)15-8-11-7-9-6-10(14)2-3-12(9)16-11/h2-3,6,11,15H,4-5,7-8H2,1H3. The van der Waals surface area contributed by atoms with Crippen LogP contribution in [0.25, 0.3) is 0 Å². The quantitative estimate of drug-likeness (QED) is 0.920. The fraction of sp³-hybridized carbons (Fsp3) is 0.538. The Morgan fingerprint density at radius 1 is 1.50 bits per heavy atom. The van der Waals surface area contributed by atoms with E-state index in [1.807, 2.05) is 6.07 Å². The summed E-state index contributed by atoms with van der Waals surface area (Å²) in [6.45, 7) is 3.24. The van der Waals surface area contributed by atoms with Crippen LogP contribution in [0.2, 0.25) is 0 Å². The predicted octanol–water partition coefficient (Wildman–Crippen LogP) is 2.89. The van der Waals surface area contributed by atoms with Crippen molar-refractivity contribution in [2.45, 2.75) is 37.8 Å². The zero-order valence-corrected chi connectivity index (χ0v) is 11.0. The van der Waals surface area contributed by atoms with Gasteiger partial charge in [0.05, 0.1) is 0 Å². The molecule has 0 amide bonds. The van der Waals surface area contributed by atoms with E-state index in [1.54, 1.807) is 0 Å². The van der Waals surface area contributed by atoms with Gasteiger partial charge in [0, 0.05) is 23.0 Å². The number of fused-ring (bicyclic) bond motifs is 1. The van der Waals surface area contributed by atoms with Crippen molar-refractivity contribution in [2.75, 3.05) is 6.54 Å². The van der Waals surface area contributed by atoms with Gasteiger partial charge in [-0.25, -0.2) is 0 Å². The van der Waals surface area contributed by atoms with Crippen LogP contribution in [0, 0.1) is 0 Å². The normalized spacial score (nSPS) is 25.0. The Morgan fingerprint density at radius 2 is 2.31 bits per heavy atom. The van der Waals surface area contributed by atoms with Gasteiger partial charge in [-0.2, -0.15) is 0 Å². The second-order valence-corrected chi connectivity index (χ2v) is 6.05. The molecule has 0 bridgehead atoms. The Labute approximate surface area is 105 Å². The highest BCUT2D eigenvalue weighted by atomic mass is 79.9. The van der Waals surface area contributed by atoms with Gasteiger partial charge in [0.1, 0.15) is 11.9 Å². The van der Waals surface area contributed by atoms with Crippen LogP contribution in [0.5, 0.6) is 5.75 Å². The summed E-state index contributed by atoms with van der Waals surface area (Å²) >= 11 is 3.49. The van der Waals surface area contributed by atoms with Crippen molar-refractivity contribution >= 4 is 15.9 Å². The van der Waals surface area contributed by atoms with Crippen LogP contribution in [0.15, 0.2) is 22.7 Å². The lowest BCUT2D eigenvalue weighted by Crippen LogP contribution is -2.37. The first-order valence-corrected chi connectivity index (χ1v) is 6.64. The first-order valence-electron chi connectivity index (χ1n) is 5.85. The highest BCUT2D eigenvalue weighted by molar-refractivity contribution is 9.10. The van der Waals surface area contributed by atoms with Crippen molar-refractivity contribution in [1.82, 2.24) is 5.32 Å². The van der Waals surface area contributed by atoms with Gasteiger partial charge in [0.2, 0.25) is 0 Å². The van der Waals surface area contributed by atoms with E-state index in [1.165, 1.54) is 18.4 Å². The Morgan fingerprint density at radius 3 is 3.06 bits per heavy atom. The lowest BCUT2D eigenvalue weighted by Gasteiger charge is -2.15. The molecule has 3 heteroatoms. The average molecular weight is 282 g/mol. The minimum atomic E-state index is 0.307. The van der Waals surface area contributed by atoms with Gasteiger partial charge in [0.15, 0.2) is 0 Å². The van der Waals surface area contributed by atoms with Gasteiger partial charge < -0.3 is 10.1 Å². The molecule has 86 valence electrons. The lowest BCUT2D eigenvalue weighted by molar-refractivity contribution is 0.220. The monoisotopic (exact) mass is 281 g/mol. The van der Waals surface area contributed by atoms with Crippen LogP contribution >= 0.6 is 15.9 Å². The molecule has 2 nitrogen and oxygen atoms in total. The molecule has 1 atom stereocenters. The number of rotatable bonds is 3. The fourth-order valence-electron chi connectivity index (χ4n) is 2.13. The van der Waals surface area contributed by atoms with Gasteiger partial charge in [-0.05, 0) is 43.5 Å². The molecule has 1 unspecified atom stereocenters. The first kappa shape index (κ1) is 10.6. The molecular weight excluding hydrogens is 266 g/mol. The summed E-state index contributed by atoms with van der Waals surface area (Å²) < 4.78 is 7.04. The van der Waals surface area contributed by atoms with Gasteiger partial charge in [-0.3, -0.25) is 0 Å². The van der Waals surface area contributed by atoms with E-state index in [0.29, 0.717) is 11.6 Å². The molecule has 1 heterocycles. The number of hydrogen-bond acceptors (Lipinski definition) is 2. The van der Waals surface area contributed by atoms with E-state index in [-0.39, 0.29) is 0 Å². The van der Waals surface area contributed by atoms with Crippen molar-refractivity contribution in [1.29, 1.82) is 0 Å². The van der Waals surface area contributed by atoms with Crippen LogP contribution < -0.4 is 10.1 Å². The maximum absolute atomic E-state index is 5.90. The molecule has 1 aliphatic carbocycles. The molecule has 0 aromatic heterocycles. The van der Waals surface area contributed by atoms with E-state index >= 15 is 0 Å². The van der Waals surface area contributed by atoms with Crippen LogP contribution in [0.3, 0.4) is 0 Å². The number of halogens is 1. The van der Waals surface area contributed by atoms with Gasteiger partial charge in [-0.15, -0.1) is 0 Å². The van der Waals surface area contributed by atoms with E-state index in [2.05, 4.69) is 40.3 Å². The lowest BCUT2D eigenvalue weighted by atomic mass is 10.1. The SMILES string of the molecule is CC1(NCC2Cc3cc(Br)ccc3O2)CC1. The van der Waals surface area contributed by atoms with Crippen molar-refractivity contribution in [3.8, 4) is 5.75 Å². The minimum Gasteiger partial charge on any atom is -0.488 e. The number of ether oxygens (including phenoxy) is 1. The van der Waals surface area contributed by atoms with Crippen LogP contribution in [0.4, 0.5) is 0 Å². The number of benzene rings is 1. The van der Waals surface area contributed by atoms with E-state index in [9.17, 15) is 0 Å². The Kier molecular flexibility index (Phi) is 2.48. The second-order valence-electron chi connectivity index (χ2n) is 5.14. The zero-order chi connectivity index (χ0) is 11.2. The highest BCUT2D eigenvalue weighted by Crippen LogP contribution is 2.35. The molecule has 1 N–H and O–H groups in total. The molecule has 1 aromatic rings. The molecule has 1 aliphatic heterocycles. The first-order chi connectivity index (χ1) is 7.65. The third kappa shape index (κ3) is 2.11. The molecule has 0 radical (unpaired) electrons. The van der Waals surface area contributed by atoms with Crippen LogP contribution in [0.1, 0.15) is 25.3 Å². The molecule has 1 fully saturated rings. The molecule has 3 rings (SSSR count). The summed E-state index contributed by atoms with van der Waals surface area (Å²) in [4.78, 5) is 0. The maximum Gasteiger partial charge on any atom is 0.123 e. The largest absolute Gasteiger partial charge is 0.488 e. The average Bonchev–Trinajstić information content (AvgIpc) is 2.85. The van der Waals surface area contributed by atoms with E-state index in [4.69, 9.17) is 4.74 Å². The summed E-state index contributed by atoms with van der Waals surface area (Å²) in [6.07, 6.45) is 3.94. The predicted molar refractivity (Wildman–Crippen MR) is 67.9 cm³/mol. The zero-order valence-electron chi connectivity index (χ0n) is 9.42. The Balaban J connectivity index is 1.62. The van der Waals surface area contributed by atoms with Crippen molar-refractivity contribution in [3.05, 3.63) is 28.2 Å². The minimum absolute atomic E-state index is 0.307. The molecule has 16 heavy (non-hydrogen) atoms. The maximum atomic E-state index is 5.90. The van der Waals surface area contributed by atoms with E-state index in [0.717, 1.165) is 23.2 Å². The van der Waals surface area contributed by atoms with Crippen molar-refractivity contribution in [3.63, 3.8) is 0 Å². The Hall–Kier alpha value is -0.540. The van der Waals surface area contributed by atoms with Gasteiger partial charge in [-0.1, -0.05) is 15.9 Å². The molecule has 1 saturated carbocycles. The summed E-state index contributed by atoms with van der Waals surface area (Å²) in [5, 5.41) is 3.59. The second kappa shape index (κ2) is 3.74. The van der Waals surface area contributed by atoms with Crippen molar-refractivity contribution in [2.24, 2.45) is 0 Å². The molecule has 0 saturated heterocycles. The number of hydrogen-bond donors (Lipinski definition) is 1. The smallest absolute Gasteiger partial charge is 0.123 e. The third-order valence-electron chi connectivity index (χ3n) is 3.52. The molecule has 2 aliphatic rings. The molecule has 0 spiro atoms. The highest BCUT2D eigenvalue weighted by Gasteiger charge is 2.37. The summed E-state index contributed by atoms with van der Waals surface area (Å²) in [5.74, 6) is 1.05. The van der Waals surface area contributed by atoms with Crippen LogP contribution in [-0.4, -0.2) is 18.2 Å². The summed E-state index contributed by atoms with van der Waals surface area (Å²) in [6, 6.07) is 6.25. The van der Waals surface area contributed by atoms with Crippen LogP contribution in [-0.2, 0) is 6.42 Å². The Bertz CT molecular complexity index is 414. The molecule has 1 aromatic carbocycles. The molecular formula is C13H16BrNO. The fourth-order valence-corrected chi connectivity index (χ4v) is 2.54. The van der Waals surface area contributed by atoms with Gasteiger partial charge >= 0.3 is 0 Å². The third-order valence-corrected chi connectivity index (χ3v) is 4.01. The van der Waals surface area contributed by atoms with E-state index < -0.39 is 0 Å². The summed E-state index contributed by atoms with van der Waals surface area (Å²) in [5.41, 5.74) is 1.72.